The van der Waals surface area contributed by atoms with E-state index in [9.17, 15) is 0 Å². The smallest absolute Gasteiger partial charge is 0.340 e. The Bertz CT molecular complexity index is 1810. The Labute approximate surface area is 349 Å². The molecular formula is C51H84N4O2+4. The van der Waals surface area contributed by atoms with Crippen molar-refractivity contribution in [1.29, 1.82) is 0 Å². The van der Waals surface area contributed by atoms with Crippen molar-refractivity contribution < 1.29 is 27.6 Å². The average Bonchev–Trinajstić information content (AvgIpc) is 3.34. The van der Waals surface area contributed by atoms with Crippen LogP contribution in [0.4, 0.5) is 0 Å². The molecule has 0 N–H and O–H groups in total. The molecule has 1 unspecified atom stereocenters. The van der Waals surface area contributed by atoms with Crippen molar-refractivity contribution in [2.75, 3.05) is 52.4 Å². The van der Waals surface area contributed by atoms with Crippen LogP contribution in [0.1, 0.15) is 188 Å². The molecule has 0 bridgehead atoms. The van der Waals surface area contributed by atoms with Gasteiger partial charge in [-0.05, 0) is 133 Å². The molecule has 2 aromatic carbocycles. The molecule has 2 aromatic rings. The van der Waals surface area contributed by atoms with E-state index in [1.807, 2.05) is 0 Å². The molecule has 316 valence electrons. The summed E-state index contributed by atoms with van der Waals surface area (Å²) < 4.78 is 22.6. The predicted molar refractivity (Wildman–Crippen MR) is 240 cm³/mol. The number of benzene rings is 2. The van der Waals surface area contributed by atoms with Crippen LogP contribution in [0, 0.1) is 6.92 Å². The largest absolute Gasteiger partial charge is 0.705 e. The Morgan fingerprint density at radius 2 is 1.09 bits per heavy atom. The van der Waals surface area contributed by atoms with E-state index in [1.54, 1.807) is 0 Å². The van der Waals surface area contributed by atoms with E-state index >= 15 is 0 Å². The summed E-state index contributed by atoms with van der Waals surface area (Å²) >= 11 is 0. The zero-order valence-corrected chi connectivity index (χ0v) is 39.5. The third-order valence-corrected chi connectivity index (χ3v) is 16.4. The molecular weight excluding hydrogens is 701 g/mol. The molecule has 2 fully saturated rings. The first kappa shape index (κ1) is 43.9. The van der Waals surface area contributed by atoms with E-state index in [1.165, 1.54) is 133 Å². The highest BCUT2D eigenvalue weighted by Gasteiger charge is 2.86. The molecule has 6 heteroatoms. The topological polar surface area (TPSA) is 24.5 Å². The van der Waals surface area contributed by atoms with Crippen LogP contribution in [0.2, 0.25) is 0 Å². The maximum absolute atomic E-state index is 7.58. The van der Waals surface area contributed by atoms with Gasteiger partial charge in [-0.2, -0.15) is 0 Å². The minimum Gasteiger partial charge on any atom is -0.340 e. The van der Waals surface area contributed by atoms with Crippen molar-refractivity contribution in [2.45, 2.75) is 189 Å². The Balaban J connectivity index is 1.46. The van der Waals surface area contributed by atoms with E-state index in [0.29, 0.717) is 5.92 Å². The van der Waals surface area contributed by atoms with Crippen LogP contribution < -0.4 is 9.47 Å². The normalized spacial score (nSPS) is 24.4. The number of hydrogen-bond acceptors (Lipinski definition) is 2. The molecule has 3 aliphatic heterocycles. The minimum absolute atomic E-state index is 0.0214. The molecule has 6 rings (SSSR count). The summed E-state index contributed by atoms with van der Waals surface area (Å²) in [6.07, 6.45) is 14.5. The van der Waals surface area contributed by atoms with Gasteiger partial charge in [0.15, 0.2) is 23.9 Å². The highest BCUT2D eigenvalue weighted by atomic mass is 16.7. The third-order valence-electron chi connectivity index (χ3n) is 16.4. The lowest BCUT2D eigenvalue weighted by Gasteiger charge is -2.37. The van der Waals surface area contributed by atoms with Gasteiger partial charge in [0.1, 0.15) is 0 Å². The molecule has 6 nitrogen and oxygen atoms in total. The lowest BCUT2D eigenvalue weighted by molar-refractivity contribution is -0.923. The lowest BCUT2D eigenvalue weighted by atomic mass is 9.69. The first-order valence-electron chi connectivity index (χ1n) is 23.4. The van der Waals surface area contributed by atoms with Crippen LogP contribution in [-0.4, -0.2) is 100 Å². The van der Waals surface area contributed by atoms with Gasteiger partial charge in [0.2, 0.25) is 11.1 Å². The van der Waals surface area contributed by atoms with E-state index in [-0.39, 0.29) is 21.9 Å². The van der Waals surface area contributed by atoms with Gasteiger partial charge in [-0.25, -0.2) is 0 Å². The van der Waals surface area contributed by atoms with Gasteiger partial charge in [-0.15, -0.1) is 0 Å². The van der Waals surface area contributed by atoms with Crippen molar-refractivity contribution in [3.8, 4) is 11.5 Å². The monoisotopic (exact) mass is 785 g/mol. The third kappa shape index (κ3) is 7.44. The van der Waals surface area contributed by atoms with Crippen molar-refractivity contribution in [3.63, 3.8) is 0 Å². The lowest BCUT2D eigenvalue weighted by Crippen LogP contribution is -2.61. The molecule has 1 aliphatic carbocycles. The highest BCUT2D eigenvalue weighted by Crippen LogP contribution is 2.56. The molecule has 0 aromatic heterocycles. The summed E-state index contributed by atoms with van der Waals surface area (Å²) in [6, 6.07) is 8.70. The summed E-state index contributed by atoms with van der Waals surface area (Å²) in [6.45, 7) is 45.3. The van der Waals surface area contributed by atoms with Gasteiger partial charge in [0, 0.05) is 32.3 Å². The maximum atomic E-state index is 7.58. The highest BCUT2D eigenvalue weighted by molar-refractivity contribution is 5.85. The Hall–Kier alpha value is -2.70. The number of rotatable bonds is 15. The summed E-state index contributed by atoms with van der Waals surface area (Å²) in [7, 11) is 0. The predicted octanol–water partition coefficient (Wildman–Crippen LogP) is 11.1. The van der Waals surface area contributed by atoms with Crippen LogP contribution in [0.25, 0.3) is 0 Å². The zero-order chi connectivity index (χ0) is 41.8. The summed E-state index contributed by atoms with van der Waals surface area (Å²) in [4.78, 5) is 0. The van der Waals surface area contributed by atoms with Gasteiger partial charge < -0.3 is 18.4 Å². The van der Waals surface area contributed by atoms with Gasteiger partial charge >= 0.3 is 6.03 Å². The molecule has 0 amide bonds. The summed E-state index contributed by atoms with van der Waals surface area (Å²) in [5.41, 5.74) is 7.26. The standard InChI is InChI=1S/C51H84N4O2/c1-16-54(17-2,18-3)30-24-26-39(27-25-31-55(19-4,20-5)21-6)40-32-38(7)45-41(33-40)36-52-49(14)28-22-23-29-50(49,15)53-37-42-34-43(47(8,9)10)35-44(48(11,12)13)46(42)57-51(52,53)56-45/h32-37,39H,16-31H2,1-15H3/q+4/t49-,50-,51?/m0/s1. The van der Waals surface area contributed by atoms with E-state index in [0.717, 1.165) is 24.3 Å². The molecule has 4 aliphatic rings. The number of quaternary nitrogens is 2. The number of fused-ring (bicyclic) bond motifs is 5. The van der Waals surface area contributed by atoms with Crippen molar-refractivity contribution in [1.82, 2.24) is 0 Å². The van der Waals surface area contributed by atoms with Gasteiger partial charge in [-0.1, -0.05) is 62.8 Å². The van der Waals surface area contributed by atoms with Gasteiger partial charge in [0.25, 0.3) is 0 Å². The molecule has 1 saturated heterocycles. The Morgan fingerprint density at radius 1 is 0.632 bits per heavy atom. The fourth-order valence-corrected chi connectivity index (χ4v) is 11.5. The van der Waals surface area contributed by atoms with Crippen LogP contribution in [-0.2, 0) is 10.8 Å². The summed E-state index contributed by atoms with van der Waals surface area (Å²) in [5.74, 6) is 2.47. The van der Waals surface area contributed by atoms with Crippen molar-refractivity contribution in [2.24, 2.45) is 0 Å². The fourth-order valence-electron chi connectivity index (χ4n) is 11.5. The molecule has 57 heavy (non-hydrogen) atoms. The zero-order valence-electron chi connectivity index (χ0n) is 39.5. The fraction of sp³-hybridized carbons (Fsp3) is 0.725. The Morgan fingerprint density at radius 3 is 1.53 bits per heavy atom. The second kappa shape index (κ2) is 15.7. The van der Waals surface area contributed by atoms with Crippen LogP contribution in [0.5, 0.6) is 11.5 Å². The second-order valence-corrected chi connectivity index (χ2v) is 21.2. The van der Waals surface area contributed by atoms with Crippen LogP contribution in [0.3, 0.4) is 0 Å². The van der Waals surface area contributed by atoms with Crippen molar-refractivity contribution >= 4 is 12.4 Å². The first-order valence-corrected chi connectivity index (χ1v) is 23.4. The maximum Gasteiger partial charge on any atom is 0.705 e. The minimum atomic E-state index is -1.09. The van der Waals surface area contributed by atoms with E-state index in [2.05, 4.69) is 150 Å². The SMILES string of the molecule is CC[N+](CC)(CC)CCCC(CCC[N+](CC)(CC)CC)c1cc(C)c2c(c1)C=[N+]1C3(O2)Oc2c(cc(C(C)(C)C)cc2C(C)(C)C)C=[N+]3[C@@]2(C)CCCC[C@]12C. The number of aryl methyl sites for hydroxylation is 1. The average molecular weight is 785 g/mol. The summed E-state index contributed by atoms with van der Waals surface area (Å²) in [5, 5.41) is 0. The number of hydrogen-bond donors (Lipinski definition) is 0. The second-order valence-electron chi connectivity index (χ2n) is 21.2. The molecule has 3 atom stereocenters. The Kier molecular flexibility index (Phi) is 12.1. The van der Waals surface area contributed by atoms with E-state index in [4.69, 9.17) is 9.47 Å². The van der Waals surface area contributed by atoms with Crippen LogP contribution in [0.15, 0.2) is 24.3 Å². The van der Waals surface area contributed by atoms with E-state index < -0.39 is 6.03 Å². The number of nitrogens with zero attached hydrogens (tertiary/aromatic N) is 4. The molecule has 1 spiro atoms. The quantitative estimate of drug-likeness (QED) is 0.133. The van der Waals surface area contributed by atoms with Crippen LogP contribution >= 0.6 is 0 Å². The first-order chi connectivity index (χ1) is 26.7. The van der Waals surface area contributed by atoms with Gasteiger partial charge in [0.05, 0.1) is 63.5 Å². The van der Waals surface area contributed by atoms with Gasteiger partial charge in [-0.3, -0.25) is 0 Å². The number of ether oxygens (including phenoxy) is 2. The van der Waals surface area contributed by atoms with Crippen molar-refractivity contribution in [3.05, 3.63) is 57.6 Å². The molecule has 0 radical (unpaired) electrons. The molecule has 1 saturated carbocycles. The molecule has 3 heterocycles.